The number of hydrogen-bond acceptors (Lipinski definition) is 10. The lowest BCUT2D eigenvalue weighted by Crippen LogP contribution is -2.30. The molecule has 3 unspecified atom stereocenters. The predicted octanol–water partition coefficient (Wildman–Crippen LogP) is 13.5. The normalized spacial score (nSPS) is 14.7. The number of hydrogen-bond donors (Lipinski definition) is 2. The van der Waals surface area contributed by atoms with Crippen LogP contribution in [-0.4, -0.2) is 66.5 Å². The van der Waals surface area contributed by atoms with Crippen LogP contribution in [-0.2, 0) is 42.2 Å². The number of phosphoric acid groups is 1. The second kappa shape index (κ2) is 47.1. The zero-order valence-corrected chi connectivity index (χ0v) is 41.2. The van der Waals surface area contributed by atoms with Gasteiger partial charge in [0.15, 0.2) is 6.10 Å². The van der Waals surface area contributed by atoms with Crippen molar-refractivity contribution in [3.05, 3.63) is 134 Å². The first-order valence-electron chi connectivity index (χ1n) is 24.1. The number of aliphatic hydroxyl groups excluding tert-OH is 1. The Labute approximate surface area is 398 Å². The highest BCUT2D eigenvalue weighted by Crippen LogP contribution is 2.43. The van der Waals surface area contributed by atoms with E-state index < -0.39 is 64.4 Å². The molecule has 0 aromatic rings. The fourth-order valence-electron chi connectivity index (χ4n) is 5.51. The van der Waals surface area contributed by atoms with E-state index in [1.54, 1.807) is 0 Å². The first kappa shape index (κ1) is 61.6. The van der Waals surface area contributed by atoms with Gasteiger partial charge in [-0.15, -0.1) is 0 Å². The summed E-state index contributed by atoms with van der Waals surface area (Å²) in [5.74, 6) is -1.72. The summed E-state index contributed by atoms with van der Waals surface area (Å²) in [7, 11) is -4.79. The fraction of sp³-hybridized carbons (Fsp3) is 0.537. The smallest absolute Gasteiger partial charge is 0.462 e. The molecule has 0 saturated heterocycles. The van der Waals surface area contributed by atoms with Crippen molar-refractivity contribution in [1.82, 2.24) is 0 Å². The first-order valence-corrected chi connectivity index (χ1v) is 25.6. The number of aliphatic hydroxyl groups is 1. The van der Waals surface area contributed by atoms with Crippen LogP contribution in [0.3, 0.4) is 0 Å². The molecule has 66 heavy (non-hydrogen) atoms. The maximum atomic E-state index is 12.8. The van der Waals surface area contributed by atoms with Crippen molar-refractivity contribution in [2.75, 3.05) is 26.4 Å². The molecule has 0 bridgehead atoms. The lowest BCUT2D eigenvalue weighted by atomic mass is 10.1. The minimum Gasteiger partial charge on any atom is -0.462 e. The molecule has 370 valence electrons. The Kier molecular flexibility index (Phi) is 44.0. The van der Waals surface area contributed by atoms with E-state index >= 15 is 0 Å². The highest BCUT2D eigenvalue weighted by atomic mass is 31.2. The second-order valence-electron chi connectivity index (χ2n) is 15.1. The van der Waals surface area contributed by atoms with E-state index in [2.05, 4.69) is 124 Å². The van der Waals surface area contributed by atoms with Crippen LogP contribution in [0.25, 0.3) is 0 Å². The van der Waals surface area contributed by atoms with Gasteiger partial charge in [-0.1, -0.05) is 161 Å². The summed E-state index contributed by atoms with van der Waals surface area (Å²) in [4.78, 5) is 48.1. The van der Waals surface area contributed by atoms with Gasteiger partial charge in [0.1, 0.15) is 12.7 Å². The molecule has 0 aliphatic carbocycles. The van der Waals surface area contributed by atoms with Gasteiger partial charge < -0.3 is 24.2 Å². The van der Waals surface area contributed by atoms with Crippen LogP contribution in [0.2, 0.25) is 0 Å². The van der Waals surface area contributed by atoms with Crippen LogP contribution in [0.4, 0.5) is 0 Å². The van der Waals surface area contributed by atoms with Crippen molar-refractivity contribution in [1.29, 1.82) is 0 Å². The van der Waals surface area contributed by atoms with Crippen molar-refractivity contribution >= 4 is 25.7 Å². The minimum absolute atomic E-state index is 0.0217. The molecule has 0 aromatic heterocycles. The van der Waals surface area contributed by atoms with Crippen LogP contribution >= 0.6 is 7.82 Å². The maximum Gasteiger partial charge on any atom is 0.472 e. The maximum absolute atomic E-state index is 12.8. The SMILES string of the molecule is CC/C=C\C/C=C\C/C=C\C/C=C\CCC(=O)OCC(COP(=O)(O)OCC(CO)OC(=O)CCCCC/C=C\C/C=C\C/C=C\CC)OC(=O)CC/C=C\C/C=C\C/C=C\C/C=C\CC. The van der Waals surface area contributed by atoms with Crippen molar-refractivity contribution in [3.63, 3.8) is 0 Å². The molecular formula is C54H83O11P. The Balaban J connectivity index is 4.97. The average molecular weight is 939 g/mol. The third kappa shape index (κ3) is 44.8. The summed E-state index contributed by atoms with van der Waals surface area (Å²) in [5.41, 5.74) is 0. The van der Waals surface area contributed by atoms with Gasteiger partial charge in [0, 0.05) is 19.3 Å². The molecule has 0 aromatic carbocycles. The van der Waals surface area contributed by atoms with Gasteiger partial charge in [0.05, 0.1) is 19.8 Å². The third-order valence-corrected chi connectivity index (χ3v) is 10.0. The molecule has 0 rings (SSSR count). The summed E-state index contributed by atoms with van der Waals surface area (Å²) in [6.07, 6.45) is 57.6. The van der Waals surface area contributed by atoms with E-state index in [4.69, 9.17) is 23.3 Å². The van der Waals surface area contributed by atoms with E-state index in [9.17, 15) is 28.9 Å². The number of carbonyl (C=O) groups excluding carboxylic acids is 3. The molecule has 0 aliphatic rings. The standard InChI is InChI=1S/C54H83O11P/c1-4-7-10-13-16-19-22-25-28-31-34-37-40-43-52(56)61-47-51(65-54(58)45-42-39-36-33-30-27-24-21-18-15-12-9-6-3)49-63-66(59,60)62-48-50(46-55)64-53(57)44-41-38-35-32-29-26-23-20-17-14-11-8-5-2/h7-12,16-21,25-30,34,36-37,39,50-51,55H,4-6,13-15,22-24,31-33,35,38,40-49H2,1-3H3,(H,59,60)/b10-7-,11-8-,12-9-,19-16-,20-17-,21-18-,28-25-,29-26-,30-27-,37-34-,39-36-. The van der Waals surface area contributed by atoms with Crippen molar-refractivity contribution in [2.24, 2.45) is 0 Å². The van der Waals surface area contributed by atoms with E-state index in [1.807, 2.05) is 30.4 Å². The predicted molar refractivity (Wildman–Crippen MR) is 269 cm³/mol. The van der Waals surface area contributed by atoms with Gasteiger partial charge in [-0.05, 0) is 103 Å². The molecule has 2 N–H and O–H groups in total. The highest BCUT2D eigenvalue weighted by molar-refractivity contribution is 7.47. The van der Waals surface area contributed by atoms with Crippen LogP contribution in [0.1, 0.15) is 149 Å². The fourth-order valence-corrected chi connectivity index (χ4v) is 6.30. The number of ether oxygens (including phenoxy) is 3. The summed E-state index contributed by atoms with van der Waals surface area (Å²) in [5, 5.41) is 9.75. The monoisotopic (exact) mass is 939 g/mol. The lowest BCUT2D eigenvalue weighted by molar-refractivity contribution is -0.161. The summed E-state index contributed by atoms with van der Waals surface area (Å²) < 4.78 is 39.0. The van der Waals surface area contributed by atoms with E-state index in [1.165, 1.54) is 0 Å². The van der Waals surface area contributed by atoms with Gasteiger partial charge in [0.25, 0.3) is 0 Å². The van der Waals surface area contributed by atoms with Gasteiger partial charge in [-0.25, -0.2) is 4.57 Å². The van der Waals surface area contributed by atoms with Crippen LogP contribution in [0.15, 0.2) is 134 Å². The summed E-state index contributed by atoms with van der Waals surface area (Å²) in [6.45, 7) is 4.03. The number of carbonyl (C=O) groups is 3. The molecule has 0 heterocycles. The Morgan fingerprint density at radius 3 is 1.20 bits per heavy atom. The zero-order valence-electron chi connectivity index (χ0n) is 40.3. The largest absolute Gasteiger partial charge is 0.472 e. The van der Waals surface area contributed by atoms with E-state index in [-0.39, 0.29) is 19.3 Å². The second-order valence-corrected chi connectivity index (χ2v) is 16.6. The number of esters is 3. The minimum atomic E-state index is -4.79. The molecule has 0 saturated carbocycles. The van der Waals surface area contributed by atoms with Gasteiger partial charge in [0.2, 0.25) is 0 Å². The molecule has 0 fully saturated rings. The molecular weight excluding hydrogens is 856 g/mol. The Bertz CT molecular complexity index is 1610. The topological polar surface area (TPSA) is 155 Å². The van der Waals surface area contributed by atoms with Crippen LogP contribution in [0, 0.1) is 0 Å². The van der Waals surface area contributed by atoms with Crippen LogP contribution in [0.5, 0.6) is 0 Å². The molecule has 3 atom stereocenters. The van der Waals surface area contributed by atoms with Gasteiger partial charge in [-0.2, -0.15) is 0 Å². The Hall–Kier alpha value is -4.38. The highest BCUT2D eigenvalue weighted by Gasteiger charge is 2.28. The lowest BCUT2D eigenvalue weighted by Gasteiger charge is -2.21. The third-order valence-electron chi connectivity index (χ3n) is 9.08. The van der Waals surface area contributed by atoms with Crippen LogP contribution < -0.4 is 0 Å². The van der Waals surface area contributed by atoms with Gasteiger partial charge >= 0.3 is 25.7 Å². The van der Waals surface area contributed by atoms with E-state index in [0.717, 1.165) is 83.5 Å². The molecule has 0 radical (unpaired) electrons. The molecule has 0 aliphatic heterocycles. The van der Waals surface area contributed by atoms with Crippen molar-refractivity contribution in [2.45, 2.75) is 161 Å². The quantitative estimate of drug-likeness (QED) is 0.0197. The number of rotatable bonds is 42. The van der Waals surface area contributed by atoms with Gasteiger partial charge in [-0.3, -0.25) is 23.4 Å². The summed E-state index contributed by atoms with van der Waals surface area (Å²) >= 11 is 0. The molecule has 12 heteroatoms. The molecule has 0 amide bonds. The average Bonchev–Trinajstić information content (AvgIpc) is 3.30. The molecule has 11 nitrogen and oxygen atoms in total. The Morgan fingerprint density at radius 1 is 0.424 bits per heavy atom. The zero-order chi connectivity index (χ0) is 48.4. The number of phosphoric ester groups is 1. The summed E-state index contributed by atoms with van der Waals surface area (Å²) in [6, 6.07) is 0. The first-order chi connectivity index (χ1) is 32.2. The van der Waals surface area contributed by atoms with E-state index in [0.29, 0.717) is 25.7 Å². The molecule has 0 spiro atoms. The number of allylic oxidation sites excluding steroid dienone is 22. The number of unbranched alkanes of at least 4 members (excludes halogenated alkanes) is 3. The van der Waals surface area contributed by atoms with Crippen molar-refractivity contribution < 1.29 is 52.2 Å². The Morgan fingerprint density at radius 2 is 0.773 bits per heavy atom. The van der Waals surface area contributed by atoms with Crippen molar-refractivity contribution in [3.8, 4) is 0 Å².